The van der Waals surface area contributed by atoms with Crippen LogP contribution in [-0.2, 0) is 9.59 Å². The first kappa shape index (κ1) is 22.7. The number of benzene rings is 1. The van der Waals surface area contributed by atoms with E-state index in [0.717, 1.165) is 19.3 Å². The predicted molar refractivity (Wildman–Crippen MR) is 99.5 cm³/mol. The first-order valence-corrected chi connectivity index (χ1v) is 9.05. The summed E-state index contributed by atoms with van der Waals surface area (Å²) < 4.78 is 36.9. The van der Waals surface area contributed by atoms with Gasteiger partial charge in [-0.05, 0) is 31.0 Å². The Hall–Kier alpha value is -2.38. The number of halogens is 3. The molecule has 0 unspecified atom stereocenters. The van der Waals surface area contributed by atoms with Gasteiger partial charge < -0.3 is 5.32 Å². The maximum absolute atomic E-state index is 12.3. The summed E-state index contributed by atoms with van der Waals surface area (Å²) in [5.41, 5.74) is 3.37. The Balaban J connectivity index is 2.51. The number of hydrogen-bond acceptors (Lipinski definition) is 3. The summed E-state index contributed by atoms with van der Waals surface area (Å²) >= 11 is 0. The number of nitrogens with one attached hydrogen (secondary N) is 2. The summed E-state index contributed by atoms with van der Waals surface area (Å²) in [5, 5.41) is 5.76. The van der Waals surface area contributed by atoms with Crippen molar-refractivity contribution in [2.45, 2.75) is 65.0 Å². The van der Waals surface area contributed by atoms with Gasteiger partial charge in [-0.15, -0.1) is 0 Å². The summed E-state index contributed by atoms with van der Waals surface area (Å²) in [7, 11) is 0. The smallest absolute Gasteiger partial charge is 0.318 e. The Morgan fingerprint density at radius 1 is 1.07 bits per heavy atom. The zero-order valence-electron chi connectivity index (χ0n) is 15.7. The van der Waals surface area contributed by atoms with Crippen LogP contribution in [-0.4, -0.2) is 23.7 Å². The molecule has 0 saturated carbocycles. The molecule has 2 amide bonds. The Morgan fingerprint density at radius 3 is 2.41 bits per heavy atom. The van der Waals surface area contributed by atoms with E-state index in [1.807, 2.05) is 0 Å². The normalized spacial score (nSPS) is 12.0. The van der Waals surface area contributed by atoms with Crippen LogP contribution < -0.4 is 10.7 Å². The minimum absolute atomic E-state index is 0.00257. The fourth-order valence-electron chi connectivity index (χ4n) is 2.36. The minimum atomic E-state index is -4.95. The van der Waals surface area contributed by atoms with Gasteiger partial charge in [0.25, 0.3) is 0 Å². The van der Waals surface area contributed by atoms with E-state index < -0.39 is 12.1 Å². The van der Waals surface area contributed by atoms with E-state index in [0.29, 0.717) is 17.7 Å². The molecule has 0 saturated heterocycles. The van der Waals surface area contributed by atoms with Crippen molar-refractivity contribution in [2.24, 2.45) is 5.10 Å². The highest BCUT2D eigenvalue weighted by atomic mass is 19.4. The molecule has 0 atom stereocenters. The topological polar surface area (TPSA) is 70.6 Å². The highest BCUT2D eigenvalue weighted by Gasteiger charge is 2.38. The van der Waals surface area contributed by atoms with E-state index in [9.17, 15) is 22.8 Å². The first-order valence-electron chi connectivity index (χ1n) is 9.05. The SMILES string of the molecule is CCCCCCCCC(=O)NN=C(C)c1cccc(NC(=O)C(F)(F)F)c1. The van der Waals surface area contributed by atoms with Gasteiger partial charge in [-0.1, -0.05) is 51.2 Å². The molecule has 0 heterocycles. The number of unbranched alkanes of at least 4 members (excludes halogenated alkanes) is 5. The van der Waals surface area contributed by atoms with Crippen LogP contribution in [0.2, 0.25) is 0 Å². The lowest BCUT2D eigenvalue weighted by Crippen LogP contribution is -2.29. The van der Waals surface area contributed by atoms with Gasteiger partial charge in [0.2, 0.25) is 5.91 Å². The summed E-state index contributed by atoms with van der Waals surface area (Å²) in [5.74, 6) is -2.24. The molecule has 5 nitrogen and oxygen atoms in total. The summed E-state index contributed by atoms with van der Waals surface area (Å²) in [4.78, 5) is 22.8. The highest BCUT2D eigenvalue weighted by Crippen LogP contribution is 2.19. The average molecular weight is 385 g/mol. The van der Waals surface area contributed by atoms with Gasteiger partial charge in [-0.3, -0.25) is 9.59 Å². The van der Waals surface area contributed by atoms with Gasteiger partial charge in [0.1, 0.15) is 0 Å². The zero-order valence-corrected chi connectivity index (χ0v) is 15.7. The minimum Gasteiger partial charge on any atom is -0.318 e. The zero-order chi connectivity index (χ0) is 20.3. The molecule has 27 heavy (non-hydrogen) atoms. The highest BCUT2D eigenvalue weighted by molar-refractivity contribution is 6.01. The number of carbonyl (C=O) groups excluding carboxylic acids is 2. The molecule has 1 aromatic carbocycles. The largest absolute Gasteiger partial charge is 0.471 e. The van der Waals surface area contributed by atoms with Gasteiger partial charge in [0.15, 0.2) is 0 Å². The average Bonchev–Trinajstić information content (AvgIpc) is 2.62. The van der Waals surface area contributed by atoms with Crippen molar-refractivity contribution in [1.29, 1.82) is 0 Å². The van der Waals surface area contributed by atoms with Gasteiger partial charge in [0.05, 0.1) is 5.71 Å². The first-order chi connectivity index (χ1) is 12.7. The third kappa shape index (κ3) is 9.21. The third-order valence-electron chi connectivity index (χ3n) is 3.90. The number of rotatable bonds is 10. The lowest BCUT2D eigenvalue weighted by atomic mass is 10.1. The second-order valence-electron chi connectivity index (χ2n) is 6.28. The molecule has 0 fully saturated rings. The van der Waals surface area contributed by atoms with E-state index in [1.165, 1.54) is 37.5 Å². The van der Waals surface area contributed by atoms with E-state index in [4.69, 9.17) is 0 Å². The van der Waals surface area contributed by atoms with Gasteiger partial charge in [-0.25, -0.2) is 5.43 Å². The number of hydrogen-bond donors (Lipinski definition) is 2. The van der Waals surface area contributed by atoms with Crippen LogP contribution in [0.1, 0.15) is 64.4 Å². The van der Waals surface area contributed by atoms with Crippen molar-refractivity contribution >= 4 is 23.2 Å². The predicted octanol–water partition coefficient (Wildman–Crippen LogP) is 4.78. The molecule has 0 aliphatic heterocycles. The van der Waals surface area contributed by atoms with E-state index in [1.54, 1.807) is 18.3 Å². The van der Waals surface area contributed by atoms with E-state index in [-0.39, 0.29) is 11.6 Å². The molecule has 1 rings (SSSR count). The maximum Gasteiger partial charge on any atom is 0.471 e. The van der Waals surface area contributed by atoms with Gasteiger partial charge in [0, 0.05) is 12.1 Å². The second kappa shape index (κ2) is 11.4. The number of hydrazone groups is 1. The Labute approximate surface area is 157 Å². The third-order valence-corrected chi connectivity index (χ3v) is 3.90. The molecule has 150 valence electrons. The molecule has 0 aliphatic carbocycles. The summed E-state index contributed by atoms with van der Waals surface area (Å²) in [6.45, 7) is 3.77. The lowest BCUT2D eigenvalue weighted by Gasteiger charge is -2.09. The molecule has 0 bridgehead atoms. The van der Waals surface area contributed by atoms with Gasteiger partial charge >= 0.3 is 12.1 Å². The van der Waals surface area contributed by atoms with Crippen LogP contribution in [0, 0.1) is 0 Å². The van der Waals surface area contributed by atoms with Crippen molar-refractivity contribution < 1.29 is 22.8 Å². The van der Waals surface area contributed by atoms with Crippen LogP contribution in [0.3, 0.4) is 0 Å². The van der Waals surface area contributed by atoms with Crippen molar-refractivity contribution in [3.8, 4) is 0 Å². The summed E-state index contributed by atoms with van der Waals surface area (Å²) in [6.07, 6.45) is 1.89. The lowest BCUT2D eigenvalue weighted by molar-refractivity contribution is -0.167. The molecular weight excluding hydrogens is 359 g/mol. The maximum atomic E-state index is 12.3. The molecule has 2 N–H and O–H groups in total. The number of nitrogens with zero attached hydrogens (tertiary/aromatic N) is 1. The second-order valence-corrected chi connectivity index (χ2v) is 6.28. The number of carbonyl (C=O) groups is 2. The quantitative estimate of drug-likeness (QED) is 0.346. The van der Waals surface area contributed by atoms with Crippen molar-refractivity contribution in [1.82, 2.24) is 5.43 Å². The molecular formula is C19H26F3N3O2. The number of amides is 2. The fraction of sp³-hybridized carbons (Fsp3) is 0.526. The Kier molecular flexibility index (Phi) is 9.53. The molecule has 0 radical (unpaired) electrons. The van der Waals surface area contributed by atoms with Crippen LogP contribution in [0.15, 0.2) is 29.4 Å². The van der Waals surface area contributed by atoms with Gasteiger partial charge in [-0.2, -0.15) is 18.3 Å². The standard InChI is InChI=1S/C19H26F3N3O2/c1-3-4-5-6-7-8-12-17(26)25-24-14(2)15-10-9-11-16(13-15)23-18(27)19(20,21)22/h9-11,13H,3-8,12H2,1-2H3,(H,23,27)(H,25,26). The number of alkyl halides is 3. The van der Waals surface area contributed by atoms with E-state index in [2.05, 4.69) is 17.5 Å². The van der Waals surface area contributed by atoms with Crippen molar-refractivity contribution in [2.75, 3.05) is 5.32 Å². The Bertz CT molecular complexity index is 658. The fourth-order valence-corrected chi connectivity index (χ4v) is 2.36. The van der Waals surface area contributed by atoms with Crippen LogP contribution in [0.4, 0.5) is 18.9 Å². The Morgan fingerprint density at radius 2 is 1.74 bits per heavy atom. The molecule has 8 heteroatoms. The molecule has 0 aliphatic rings. The van der Waals surface area contributed by atoms with Crippen molar-refractivity contribution in [3.05, 3.63) is 29.8 Å². The van der Waals surface area contributed by atoms with Crippen LogP contribution >= 0.6 is 0 Å². The molecule has 0 spiro atoms. The van der Waals surface area contributed by atoms with Crippen molar-refractivity contribution in [3.63, 3.8) is 0 Å². The van der Waals surface area contributed by atoms with Crippen LogP contribution in [0.5, 0.6) is 0 Å². The molecule has 1 aromatic rings. The monoisotopic (exact) mass is 385 g/mol. The van der Waals surface area contributed by atoms with Crippen LogP contribution in [0.25, 0.3) is 0 Å². The van der Waals surface area contributed by atoms with E-state index >= 15 is 0 Å². The summed E-state index contributed by atoms with van der Waals surface area (Å²) in [6, 6.07) is 5.83. The number of anilines is 1. The molecule has 0 aromatic heterocycles.